The van der Waals surface area contributed by atoms with Gasteiger partial charge in [0.05, 0.1) is 6.61 Å². The van der Waals surface area contributed by atoms with E-state index in [1.807, 2.05) is 13.8 Å². The van der Waals surface area contributed by atoms with Crippen LogP contribution in [0.2, 0.25) is 0 Å². The van der Waals surface area contributed by atoms with Crippen LogP contribution in [0.15, 0.2) is 0 Å². The molecule has 1 atom stereocenters. The van der Waals surface area contributed by atoms with Crippen molar-refractivity contribution in [3.05, 3.63) is 0 Å². The van der Waals surface area contributed by atoms with Gasteiger partial charge in [0, 0.05) is 11.3 Å². The number of hydrogen-bond acceptors (Lipinski definition) is 2. The van der Waals surface area contributed by atoms with Crippen LogP contribution in [-0.2, 0) is 4.74 Å². The van der Waals surface area contributed by atoms with Crippen molar-refractivity contribution in [2.45, 2.75) is 46.8 Å². The highest BCUT2D eigenvalue weighted by Crippen LogP contribution is 2.28. The van der Waals surface area contributed by atoms with Gasteiger partial charge in [0.2, 0.25) is 0 Å². The summed E-state index contributed by atoms with van der Waals surface area (Å²) in [4.78, 5) is 0. The van der Waals surface area contributed by atoms with Gasteiger partial charge in [-0.2, -0.15) is 0 Å². The Labute approximate surface area is 92.6 Å². The van der Waals surface area contributed by atoms with Crippen LogP contribution < -0.4 is 0 Å². The molecule has 0 aliphatic heterocycles. The number of rotatable bonds is 7. The second kappa shape index (κ2) is 6.65. The second-order valence-electron chi connectivity index (χ2n) is 4.86. The molecule has 1 unspecified atom stereocenters. The molecule has 0 rings (SSSR count). The Morgan fingerprint density at radius 1 is 1.36 bits per heavy atom. The Kier molecular flexibility index (Phi) is 6.75. The van der Waals surface area contributed by atoms with Gasteiger partial charge in [-0.25, -0.2) is 0 Å². The fourth-order valence-corrected chi connectivity index (χ4v) is 1.29. The van der Waals surface area contributed by atoms with Gasteiger partial charge in [0.1, 0.15) is 0 Å². The van der Waals surface area contributed by atoms with Crippen LogP contribution in [0.5, 0.6) is 0 Å². The molecule has 0 spiro atoms. The maximum absolute atomic E-state index is 9.79. The van der Waals surface area contributed by atoms with Crippen molar-refractivity contribution in [2.75, 3.05) is 12.5 Å². The summed E-state index contributed by atoms with van der Waals surface area (Å²) in [5.41, 5.74) is -0.205. The van der Waals surface area contributed by atoms with Crippen LogP contribution in [0.4, 0.5) is 0 Å². The minimum atomic E-state index is -0.687. The van der Waals surface area contributed by atoms with E-state index in [1.165, 1.54) is 0 Å². The number of ether oxygens (including phenoxy) is 1. The molecule has 0 saturated heterocycles. The van der Waals surface area contributed by atoms with Gasteiger partial charge in [-0.05, 0) is 18.8 Å². The maximum Gasteiger partial charge on any atom is 0.159 e. The summed E-state index contributed by atoms with van der Waals surface area (Å²) < 4.78 is 5.38. The van der Waals surface area contributed by atoms with Crippen molar-refractivity contribution in [1.29, 1.82) is 0 Å². The van der Waals surface area contributed by atoms with Gasteiger partial charge in [0.15, 0.2) is 6.29 Å². The van der Waals surface area contributed by atoms with Crippen molar-refractivity contribution in [1.82, 2.24) is 0 Å². The van der Waals surface area contributed by atoms with Gasteiger partial charge >= 0.3 is 0 Å². The van der Waals surface area contributed by atoms with Gasteiger partial charge in [0.25, 0.3) is 0 Å². The van der Waals surface area contributed by atoms with Crippen LogP contribution in [0, 0.1) is 11.3 Å². The molecule has 86 valence electrons. The third-order valence-electron chi connectivity index (χ3n) is 2.21. The normalized spacial score (nSPS) is 14.8. The Bertz CT molecular complexity index is 146. The first-order chi connectivity index (χ1) is 6.40. The molecule has 0 amide bonds. The van der Waals surface area contributed by atoms with Gasteiger partial charge in [-0.15, -0.1) is 11.6 Å². The highest BCUT2D eigenvalue weighted by atomic mass is 35.5. The van der Waals surface area contributed by atoms with Crippen molar-refractivity contribution in [3.8, 4) is 0 Å². The molecule has 14 heavy (non-hydrogen) atoms. The topological polar surface area (TPSA) is 29.5 Å². The summed E-state index contributed by atoms with van der Waals surface area (Å²) in [6, 6.07) is 0. The van der Waals surface area contributed by atoms with E-state index < -0.39 is 6.29 Å². The second-order valence-corrected chi connectivity index (χ2v) is 5.24. The summed E-state index contributed by atoms with van der Waals surface area (Å²) in [7, 11) is 0. The first-order valence-electron chi connectivity index (χ1n) is 5.26. The molecule has 0 aromatic carbocycles. The van der Waals surface area contributed by atoms with E-state index in [-0.39, 0.29) is 5.41 Å². The van der Waals surface area contributed by atoms with E-state index >= 15 is 0 Å². The number of hydrogen-bond donors (Lipinski definition) is 1. The van der Waals surface area contributed by atoms with E-state index in [4.69, 9.17) is 16.3 Å². The van der Waals surface area contributed by atoms with Crippen molar-refractivity contribution in [3.63, 3.8) is 0 Å². The monoisotopic (exact) mass is 222 g/mol. The minimum Gasteiger partial charge on any atom is -0.368 e. The Morgan fingerprint density at radius 3 is 2.36 bits per heavy atom. The van der Waals surface area contributed by atoms with Crippen LogP contribution in [-0.4, -0.2) is 23.9 Å². The molecule has 2 nitrogen and oxygen atoms in total. The van der Waals surface area contributed by atoms with Crippen LogP contribution in [0.25, 0.3) is 0 Å². The summed E-state index contributed by atoms with van der Waals surface area (Å²) in [5.74, 6) is 1.09. The van der Waals surface area contributed by atoms with Crippen molar-refractivity contribution >= 4 is 11.6 Å². The standard InChI is InChI=1S/C11H23ClO2/c1-9(2)8-14-10(13)11(3,4)6-5-7-12/h9-10,13H,5-8H2,1-4H3. The molecule has 0 heterocycles. The van der Waals surface area contributed by atoms with E-state index in [2.05, 4.69) is 13.8 Å². The van der Waals surface area contributed by atoms with Crippen LogP contribution in [0.1, 0.15) is 40.5 Å². The molecule has 0 aromatic rings. The smallest absolute Gasteiger partial charge is 0.159 e. The summed E-state index contributed by atoms with van der Waals surface area (Å²) >= 11 is 5.62. The number of alkyl halides is 1. The average molecular weight is 223 g/mol. The van der Waals surface area contributed by atoms with E-state index in [1.54, 1.807) is 0 Å². The zero-order valence-electron chi connectivity index (χ0n) is 9.72. The molecule has 0 aromatic heterocycles. The third-order valence-corrected chi connectivity index (χ3v) is 2.48. The summed E-state index contributed by atoms with van der Waals surface area (Å²) in [6.07, 6.45) is 1.11. The Morgan fingerprint density at radius 2 is 1.93 bits per heavy atom. The molecule has 3 heteroatoms. The summed E-state index contributed by atoms with van der Waals surface area (Å²) in [5, 5.41) is 9.79. The highest BCUT2D eigenvalue weighted by Gasteiger charge is 2.27. The fraction of sp³-hybridized carbons (Fsp3) is 1.00. The SMILES string of the molecule is CC(C)COC(O)C(C)(C)CCCCl. The average Bonchev–Trinajstić information content (AvgIpc) is 2.10. The molecule has 0 aliphatic carbocycles. The van der Waals surface area contributed by atoms with E-state index in [9.17, 15) is 5.11 Å². The minimum absolute atomic E-state index is 0.205. The largest absolute Gasteiger partial charge is 0.368 e. The van der Waals surface area contributed by atoms with Gasteiger partial charge < -0.3 is 9.84 Å². The molecule has 0 fully saturated rings. The summed E-state index contributed by atoms with van der Waals surface area (Å²) in [6.45, 7) is 8.75. The van der Waals surface area contributed by atoms with Gasteiger partial charge in [-0.1, -0.05) is 27.7 Å². The molecular formula is C11H23ClO2. The number of aliphatic hydroxyl groups is 1. The fourth-order valence-electron chi connectivity index (χ4n) is 1.16. The van der Waals surface area contributed by atoms with Crippen molar-refractivity contribution < 1.29 is 9.84 Å². The lowest BCUT2D eigenvalue weighted by Crippen LogP contribution is -2.33. The van der Waals surface area contributed by atoms with Crippen LogP contribution >= 0.6 is 11.6 Å². The molecular weight excluding hydrogens is 200 g/mol. The lowest BCUT2D eigenvalue weighted by molar-refractivity contribution is -0.172. The zero-order valence-corrected chi connectivity index (χ0v) is 10.5. The third kappa shape index (κ3) is 5.84. The lowest BCUT2D eigenvalue weighted by atomic mass is 9.87. The maximum atomic E-state index is 9.79. The molecule has 0 saturated carbocycles. The molecule has 0 aliphatic rings. The Balaban J connectivity index is 3.87. The lowest BCUT2D eigenvalue weighted by Gasteiger charge is -2.30. The van der Waals surface area contributed by atoms with Crippen molar-refractivity contribution in [2.24, 2.45) is 11.3 Å². The number of halogens is 1. The number of aliphatic hydroxyl groups excluding tert-OH is 1. The Hall–Kier alpha value is 0.210. The quantitative estimate of drug-likeness (QED) is 0.530. The predicted octanol–water partition coefficient (Wildman–Crippen LogP) is 3.02. The first-order valence-corrected chi connectivity index (χ1v) is 5.79. The predicted molar refractivity (Wildman–Crippen MR) is 60.5 cm³/mol. The molecule has 1 N–H and O–H groups in total. The van der Waals surface area contributed by atoms with Gasteiger partial charge in [-0.3, -0.25) is 0 Å². The zero-order chi connectivity index (χ0) is 11.2. The molecule has 0 radical (unpaired) electrons. The first kappa shape index (κ1) is 14.2. The highest BCUT2D eigenvalue weighted by molar-refractivity contribution is 6.17. The van der Waals surface area contributed by atoms with E-state index in [0.717, 1.165) is 12.8 Å². The molecule has 0 bridgehead atoms. The van der Waals surface area contributed by atoms with Crippen LogP contribution in [0.3, 0.4) is 0 Å². The van der Waals surface area contributed by atoms with E-state index in [0.29, 0.717) is 18.4 Å².